The Morgan fingerprint density at radius 1 is 1.33 bits per heavy atom. The van der Waals surface area contributed by atoms with Crippen molar-refractivity contribution in [1.29, 1.82) is 0 Å². The van der Waals surface area contributed by atoms with E-state index in [1.165, 1.54) is 17.9 Å². The monoisotopic (exact) mass is 313 g/mol. The third-order valence-corrected chi connectivity index (χ3v) is 4.85. The van der Waals surface area contributed by atoms with Gasteiger partial charge in [0.05, 0.1) is 12.0 Å². The van der Waals surface area contributed by atoms with Gasteiger partial charge in [-0.05, 0) is 49.6 Å². The zero-order chi connectivity index (χ0) is 15.5. The van der Waals surface area contributed by atoms with Crippen LogP contribution >= 0.6 is 0 Å². The predicted molar refractivity (Wildman–Crippen MR) is 81.7 cm³/mol. The molecule has 2 N–H and O–H groups in total. The summed E-state index contributed by atoms with van der Waals surface area (Å²) in [5.74, 6) is 0.667. The van der Waals surface area contributed by atoms with E-state index < -0.39 is 10.0 Å². The second-order valence-electron chi connectivity index (χ2n) is 5.44. The van der Waals surface area contributed by atoms with Gasteiger partial charge in [0.15, 0.2) is 0 Å². The molecule has 1 aromatic carbocycles. The Kier molecular flexibility index (Phi) is 5.21. The normalized spacial score (nSPS) is 15.4. The minimum Gasteiger partial charge on any atom is -0.497 e. The Morgan fingerprint density at radius 3 is 2.62 bits per heavy atom. The molecule has 0 saturated heterocycles. The van der Waals surface area contributed by atoms with Crippen molar-refractivity contribution in [1.82, 2.24) is 15.2 Å². The van der Waals surface area contributed by atoms with E-state index in [0.29, 0.717) is 23.1 Å². The number of methoxy groups -OCH3 is 1. The minimum absolute atomic E-state index is 0.301. The Morgan fingerprint density at radius 2 is 2.05 bits per heavy atom. The maximum atomic E-state index is 12.4. The highest BCUT2D eigenvalue weighted by Crippen LogP contribution is 2.23. The molecule has 1 saturated carbocycles. The van der Waals surface area contributed by atoms with Gasteiger partial charge >= 0.3 is 0 Å². The topological polar surface area (TPSA) is 70.7 Å². The molecule has 0 unspecified atom stereocenters. The van der Waals surface area contributed by atoms with Gasteiger partial charge in [0.25, 0.3) is 10.0 Å². The number of nitrogens with one attached hydrogen (secondary N) is 2. The molecule has 0 heterocycles. The summed E-state index contributed by atoms with van der Waals surface area (Å²) in [5, 5.41) is 4.82. The van der Waals surface area contributed by atoms with Gasteiger partial charge in [0.1, 0.15) is 5.75 Å². The molecule has 0 atom stereocenters. The quantitative estimate of drug-likeness (QED) is 0.693. The highest BCUT2D eigenvalue weighted by Gasteiger charge is 2.22. The van der Waals surface area contributed by atoms with Gasteiger partial charge in [-0.15, -0.1) is 4.83 Å². The fourth-order valence-corrected chi connectivity index (χ4v) is 3.46. The first kappa shape index (κ1) is 16.2. The summed E-state index contributed by atoms with van der Waals surface area (Å²) in [7, 11) is 1.32. The summed E-state index contributed by atoms with van der Waals surface area (Å²) < 4.78 is 29.9. The molecular formula is C14H23N3O3S. The summed E-state index contributed by atoms with van der Waals surface area (Å²) in [6, 6.07) is 5.66. The standard InChI is InChI=1S/C14H23N3O3S/c1-17(2)16-21(18,19)14-7-6-13(20-3)10-11(14)8-9-15-12-4-5-12/h6-7,10,12,15-16H,4-5,8-9H2,1-3H3. The van der Waals surface area contributed by atoms with E-state index in [-0.39, 0.29) is 0 Å². The van der Waals surface area contributed by atoms with Crippen molar-refractivity contribution in [2.75, 3.05) is 27.7 Å². The van der Waals surface area contributed by atoms with Crippen LogP contribution in [0.1, 0.15) is 18.4 Å². The first-order valence-electron chi connectivity index (χ1n) is 7.02. The second kappa shape index (κ2) is 6.74. The van der Waals surface area contributed by atoms with Crippen molar-refractivity contribution in [3.8, 4) is 5.75 Å². The van der Waals surface area contributed by atoms with Crippen molar-refractivity contribution < 1.29 is 13.2 Å². The van der Waals surface area contributed by atoms with Crippen LogP contribution in [0.25, 0.3) is 0 Å². The zero-order valence-corrected chi connectivity index (χ0v) is 13.5. The molecular weight excluding hydrogens is 290 g/mol. The van der Waals surface area contributed by atoms with E-state index in [2.05, 4.69) is 10.1 Å². The Balaban J connectivity index is 2.20. The molecule has 0 spiro atoms. The predicted octanol–water partition coefficient (Wildman–Crippen LogP) is 0.745. The van der Waals surface area contributed by atoms with E-state index >= 15 is 0 Å². The van der Waals surface area contributed by atoms with E-state index in [4.69, 9.17) is 4.74 Å². The fourth-order valence-electron chi connectivity index (χ4n) is 2.13. The summed E-state index contributed by atoms with van der Waals surface area (Å²) in [6.07, 6.45) is 3.08. The summed E-state index contributed by atoms with van der Waals surface area (Å²) in [4.78, 5) is 2.77. The third kappa shape index (κ3) is 4.67. The lowest BCUT2D eigenvalue weighted by Gasteiger charge is -2.16. The molecule has 21 heavy (non-hydrogen) atoms. The molecule has 2 rings (SSSR count). The molecule has 7 heteroatoms. The molecule has 0 radical (unpaired) electrons. The largest absolute Gasteiger partial charge is 0.497 e. The maximum Gasteiger partial charge on any atom is 0.253 e. The van der Waals surface area contributed by atoms with E-state index in [0.717, 1.165) is 12.1 Å². The van der Waals surface area contributed by atoms with Crippen molar-refractivity contribution in [3.05, 3.63) is 23.8 Å². The van der Waals surface area contributed by atoms with E-state index in [9.17, 15) is 8.42 Å². The second-order valence-corrected chi connectivity index (χ2v) is 7.07. The molecule has 1 aliphatic rings. The number of ether oxygens (including phenoxy) is 1. The van der Waals surface area contributed by atoms with Gasteiger partial charge in [0.2, 0.25) is 0 Å². The number of hydrazine groups is 1. The van der Waals surface area contributed by atoms with Crippen LogP contribution in [0.15, 0.2) is 23.1 Å². The van der Waals surface area contributed by atoms with Gasteiger partial charge in [-0.1, -0.05) is 0 Å². The molecule has 0 aliphatic heterocycles. The van der Waals surface area contributed by atoms with Gasteiger partial charge < -0.3 is 10.1 Å². The maximum absolute atomic E-state index is 12.4. The van der Waals surface area contributed by atoms with E-state index in [1.54, 1.807) is 39.4 Å². The smallest absolute Gasteiger partial charge is 0.253 e. The van der Waals surface area contributed by atoms with Crippen LogP contribution in [0.4, 0.5) is 0 Å². The fraction of sp³-hybridized carbons (Fsp3) is 0.571. The van der Waals surface area contributed by atoms with Crippen LogP contribution < -0.4 is 14.9 Å². The van der Waals surface area contributed by atoms with Gasteiger partial charge in [-0.2, -0.15) is 0 Å². The van der Waals surface area contributed by atoms with Crippen molar-refractivity contribution in [2.45, 2.75) is 30.2 Å². The average molecular weight is 313 g/mol. The summed E-state index contributed by atoms with van der Waals surface area (Å²) in [6.45, 7) is 0.766. The molecule has 0 amide bonds. The molecule has 1 aliphatic carbocycles. The Hall–Kier alpha value is -1.15. The van der Waals surface area contributed by atoms with Crippen LogP contribution in [-0.2, 0) is 16.4 Å². The number of hydrogen-bond acceptors (Lipinski definition) is 5. The van der Waals surface area contributed by atoms with Crippen LogP contribution in [0.5, 0.6) is 5.75 Å². The van der Waals surface area contributed by atoms with Crippen LogP contribution in [0, 0.1) is 0 Å². The molecule has 1 aromatic rings. The van der Waals surface area contributed by atoms with Crippen molar-refractivity contribution in [3.63, 3.8) is 0 Å². The highest BCUT2D eigenvalue weighted by atomic mass is 32.2. The van der Waals surface area contributed by atoms with Crippen LogP contribution in [-0.4, -0.2) is 47.2 Å². The molecule has 118 valence electrons. The van der Waals surface area contributed by atoms with Gasteiger partial charge in [-0.3, -0.25) is 0 Å². The third-order valence-electron chi connectivity index (χ3n) is 3.26. The SMILES string of the molecule is COc1ccc(S(=O)(=O)NN(C)C)c(CCNC2CC2)c1. The van der Waals surface area contributed by atoms with E-state index in [1.807, 2.05) is 0 Å². The zero-order valence-electron chi connectivity index (χ0n) is 12.7. The lowest BCUT2D eigenvalue weighted by molar-refractivity contribution is 0.363. The summed E-state index contributed by atoms with van der Waals surface area (Å²) >= 11 is 0. The lowest BCUT2D eigenvalue weighted by atomic mass is 10.1. The van der Waals surface area contributed by atoms with Gasteiger partial charge in [0, 0.05) is 20.1 Å². The number of hydrogen-bond donors (Lipinski definition) is 2. The highest BCUT2D eigenvalue weighted by molar-refractivity contribution is 7.89. The molecule has 6 nitrogen and oxygen atoms in total. The number of rotatable bonds is 8. The number of benzene rings is 1. The minimum atomic E-state index is -3.56. The molecule has 1 fully saturated rings. The van der Waals surface area contributed by atoms with Crippen LogP contribution in [0.3, 0.4) is 0 Å². The number of nitrogens with zero attached hydrogens (tertiary/aromatic N) is 1. The number of sulfonamides is 1. The van der Waals surface area contributed by atoms with Crippen molar-refractivity contribution >= 4 is 10.0 Å². The summed E-state index contributed by atoms with van der Waals surface area (Å²) in [5.41, 5.74) is 0.761. The first-order valence-corrected chi connectivity index (χ1v) is 8.51. The molecule has 0 bridgehead atoms. The Bertz CT molecular complexity index is 583. The van der Waals surface area contributed by atoms with Crippen LogP contribution in [0.2, 0.25) is 0 Å². The Labute approximate surface area is 126 Å². The average Bonchev–Trinajstić information content (AvgIpc) is 3.21. The van der Waals surface area contributed by atoms with Gasteiger partial charge in [-0.25, -0.2) is 13.4 Å². The first-order chi connectivity index (χ1) is 9.92. The lowest BCUT2D eigenvalue weighted by Crippen LogP contribution is -2.36. The molecule has 0 aromatic heterocycles. The van der Waals surface area contributed by atoms with Crippen molar-refractivity contribution in [2.24, 2.45) is 0 Å².